The molecule has 2 aromatic carbocycles. The minimum absolute atomic E-state index is 0.204. The van der Waals surface area contributed by atoms with E-state index in [1.807, 2.05) is 36.4 Å². The Labute approximate surface area is 150 Å². The van der Waals surface area contributed by atoms with Gasteiger partial charge in [-0.3, -0.25) is 0 Å². The summed E-state index contributed by atoms with van der Waals surface area (Å²) in [6, 6.07) is 18.4. The lowest BCUT2D eigenvalue weighted by atomic mass is 10.1. The first kappa shape index (κ1) is 16.1. The van der Waals surface area contributed by atoms with Crippen molar-refractivity contribution in [1.82, 2.24) is 20.0 Å². The van der Waals surface area contributed by atoms with E-state index in [2.05, 4.69) is 44.4 Å². The van der Waals surface area contributed by atoms with E-state index in [1.54, 1.807) is 6.92 Å². The summed E-state index contributed by atoms with van der Waals surface area (Å²) in [6.07, 6.45) is 2.07. The highest BCUT2D eigenvalue weighted by Crippen LogP contribution is 2.26. The average molecular weight is 346 g/mol. The van der Waals surface area contributed by atoms with Crippen LogP contribution in [0.3, 0.4) is 0 Å². The maximum absolute atomic E-state index is 12.0. The van der Waals surface area contributed by atoms with Gasteiger partial charge in [0.25, 0.3) is 0 Å². The SMILES string of the molecule is CCOC(=O)c1n[nH]nc1-c1ccc2c(ccn2Cc2ccccc2)c1. The molecule has 0 bridgehead atoms. The lowest BCUT2D eigenvalue weighted by molar-refractivity contribution is 0.0520. The van der Waals surface area contributed by atoms with Crippen molar-refractivity contribution in [3.8, 4) is 11.3 Å². The zero-order chi connectivity index (χ0) is 17.9. The summed E-state index contributed by atoms with van der Waals surface area (Å²) in [5.41, 5.74) is 3.90. The quantitative estimate of drug-likeness (QED) is 0.560. The summed E-state index contributed by atoms with van der Waals surface area (Å²) < 4.78 is 7.24. The van der Waals surface area contributed by atoms with Crippen molar-refractivity contribution in [3.05, 3.63) is 72.1 Å². The van der Waals surface area contributed by atoms with Crippen LogP contribution in [0.25, 0.3) is 22.2 Å². The molecule has 0 saturated carbocycles. The van der Waals surface area contributed by atoms with Gasteiger partial charge in [-0.05, 0) is 30.7 Å². The molecule has 130 valence electrons. The van der Waals surface area contributed by atoms with Crippen LogP contribution in [-0.2, 0) is 11.3 Å². The fraction of sp³-hybridized carbons (Fsp3) is 0.150. The van der Waals surface area contributed by atoms with Gasteiger partial charge in [-0.25, -0.2) is 4.79 Å². The maximum atomic E-state index is 12.0. The van der Waals surface area contributed by atoms with Gasteiger partial charge < -0.3 is 9.30 Å². The van der Waals surface area contributed by atoms with E-state index in [0.29, 0.717) is 12.3 Å². The average Bonchev–Trinajstić information content (AvgIpc) is 3.30. The van der Waals surface area contributed by atoms with E-state index < -0.39 is 5.97 Å². The number of ether oxygens (including phenoxy) is 1. The van der Waals surface area contributed by atoms with Crippen LogP contribution in [-0.4, -0.2) is 32.6 Å². The largest absolute Gasteiger partial charge is 0.461 e. The molecule has 0 aliphatic carbocycles. The molecular weight excluding hydrogens is 328 g/mol. The van der Waals surface area contributed by atoms with E-state index in [-0.39, 0.29) is 5.69 Å². The Hall–Kier alpha value is -3.41. The zero-order valence-electron chi connectivity index (χ0n) is 14.3. The fourth-order valence-electron chi connectivity index (χ4n) is 3.04. The summed E-state index contributed by atoms with van der Waals surface area (Å²) >= 11 is 0. The van der Waals surface area contributed by atoms with Crippen molar-refractivity contribution in [3.63, 3.8) is 0 Å². The number of H-pyrrole nitrogens is 1. The smallest absolute Gasteiger partial charge is 0.361 e. The summed E-state index contributed by atoms with van der Waals surface area (Å²) in [7, 11) is 0. The van der Waals surface area contributed by atoms with E-state index in [9.17, 15) is 4.79 Å². The normalized spacial score (nSPS) is 11.0. The van der Waals surface area contributed by atoms with Gasteiger partial charge in [0, 0.05) is 29.2 Å². The molecule has 0 fully saturated rings. The minimum Gasteiger partial charge on any atom is -0.461 e. The molecule has 0 radical (unpaired) electrons. The van der Waals surface area contributed by atoms with Crippen molar-refractivity contribution in [2.24, 2.45) is 0 Å². The van der Waals surface area contributed by atoms with Crippen LogP contribution >= 0.6 is 0 Å². The Balaban J connectivity index is 1.68. The summed E-state index contributed by atoms with van der Waals surface area (Å²) in [4.78, 5) is 12.0. The Morgan fingerprint density at radius 1 is 1.12 bits per heavy atom. The van der Waals surface area contributed by atoms with Crippen molar-refractivity contribution < 1.29 is 9.53 Å². The second-order valence-electron chi connectivity index (χ2n) is 5.94. The number of nitrogens with one attached hydrogen (secondary N) is 1. The molecule has 0 spiro atoms. The van der Waals surface area contributed by atoms with E-state index in [1.165, 1.54) is 5.56 Å². The molecule has 4 aromatic rings. The van der Waals surface area contributed by atoms with Gasteiger partial charge in [0.15, 0.2) is 5.69 Å². The summed E-state index contributed by atoms with van der Waals surface area (Å²) in [5, 5.41) is 11.7. The van der Waals surface area contributed by atoms with Gasteiger partial charge in [0.2, 0.25) is 0 Å². The van der Waals surface area contributed by atoms with Crippen molar-refractivity contribution >= 4 is 16.9 Å². The van der Waals surface area contributed by atoms with Gasteiger partial charge in [-0.1, -0.05) is 36.4 Å². The zero-order valence-corrected chi connectivity index (χ0v) is 14.3. The van der Waals surface area contributed by atoms with Crippen LogP contribution in [0.4, 0.5) is 0 Å². The number of hydrogen-bond donors (Lipinski definition) is 1. The fourth-order valence-corrected chi connectivity index (χ4v) is 3.04. The molecule has 6 heteroatoms. The number of aromatic amines is 1. The number of benzene rings is 2. The lowest BCUT2D eigenvalue weighted by Gasteiger charge is -2.06. The van der Waals surface area contributed by atoms with Gasteiger partial charge in [-0.15, -0.1) is 5.10 Å². The van der Waals surface area contributed by atoms with Gasteiger partial charge in [0.05, 0.1) is 6.61 Å². The molecule has 4 rings (SSSR count). The topological polar surface area (TPSA) is 72.8 Å². The number of rotatable bonds is 5. The highest BCUT2D eigenvalue weighted by molar-refractivity contribution is 5.95. The second-order valence-corrected chi connectivity index (χ2v) is 5.94. The van der Waals surface area contributed by atoms with Crippen LogP contribution in [0.5, 0.6) is 0 Å². The van der Waals surface area contributed by atoms with Gasteiger partial charge in [-0.2, -0.15) is 10.3 Å². The first-order chi connectivity index (χ1) is 12.8. The predicted molar refractivity (Wildman–Crippen MR) is 98.8 cm³/mol. The predicted octanol–water partition coefficient (Wildman–Crippen LogP) is 3.65. The van der Waals surface area contributed by atoms with Crippen LogP contribution in [0.1, 0.15) is 23.0 Å². The van der Waals surface area contributed by atoms with Crippen molar-refractivity contribution in [2.75, 3.05) is 6.61 Å². The van der Waals surface area contributed by atoms with Crippen LogP contribution in [0.15, 0.2) is 60.8 Å². The molecule has 0 aliphatic rings. The van der Waals surface area contributed by atoms with Gasteiger partial charge in [0.1, 0.15) is 5.69 Å². The standard InChI is InChI=1S/C20H18N4O2/c1-2-26-20(25)19-18(21-23-22-19)16-8-9-17-15(12-16)10-11-24(17)13-14-6-4-3-5-7-14/h3-12H,2,13H2,1H3,(H,21,22,23). The molecule has 0 aliphatic heterocycles. The third-order valence-electron chi connectivity index (χ3n) is 4.26. The molecule has 1 N–H and O–H groups in total. The molecular formula is C20H18N4O2. The molecule has 26 heavy (non-hydrogen) atoms. The third-order valence-corrected chi connectivity index (χ3v) is 4.26. The lowest BCUT2D eigenvalue weighted by Crippen LogP contribution is -2.06. The van der Waals surface area contributed by atoms with Crippen LogP contribution < -0.4 is 0 Å². The number of esters is 1. The Morgan fingerprint density at radius 3 is 2.77 bits per heavy atom. The highest BCUT2D eigenvalue weighted by Gasteiger charge is 2.19. The third kappa shape index (κ3) is 2.97. The molecule has 6 nitrogen and oxygen atoms in total. The number of hydrogen-bond acceptors (Lipinski definition) is 4. The van der Waals surface area contributed by atoms with Crippen molar-refractivity contribution in [2.45, 2.75) is 13.5 Å². The monoisotopic (exact) mass is 346 g/mol. The van der Waals surface area contributed by atoms with Gasteiger partial charge >= 0.3 is 5.97 Å². The number of aromatic nitrogens is 4. The van der Waals surface area contributed by atoms with E-state index in [4.69, 9.17) is 4.74 Å². The summed E-state index contributed by atoms with van der Waals surface area (Å²) in [5.74, 6) is -0.474. The Morgan fingerprint density at radius 2 is 1.96 bits per heavy atom. The van der Waals surface area contributed by atoms with Crippen LogP contribution in [0.2, 0.25) is 0 Å². The van der Waals surface area contributed by atoms with E-state index in [0.717, 1.165) is 23.0 Å². The number of fused-ring (bicyclic) bond motifs is 1. The Bertz CT molecular complexity index is 1050. The Kier molecular flexibility index (Phi) is 4.23. The number of nitrogens with zero attached hydrogens (tertiary/aromatic N) is 3. The molecule has 2 aromatic heterocycles. The maximum Gasteiger partial charge on any atom is 0.361 e. The molecule has 0 saturated heterocycles. The van der Waals surface area contributed by atoms with E-state index >= 15 is 0 Å². The molecule has 0 atom stereocenters. The first-order valence-electron chi connectivity index (χ1n) is 8.47. The molecule has 0 amide bonds. The van der Waals surface area contributed by atoms with Crippen molar-refractivity contribution in [1.29, 1.82) is 0 Å². The number of carbonyl (C=O) groups is 1. The molecule has 2 heterocycles. The minimum atomic E-state index is -0.474. The highest BCUT2D eigenvalue weighted by atomic mass is 16.5. The van der Waals surface area contributed by atoms with Crippen LogP contribution in [0, 0.1) is 0 Å². The second kappa shape index (κ2) is 6.84. The first-order valence-corrected chi connectivity index (χ1v) is 8.47. The molecule has 0 unspecified atom stereocenters. The summed E-state index contributed by atoms with van der Waals surface area (Å²) in [6.45, 7) is 2.87. The number of carbonyl (C=O) groups excluding carboxylic acids is 1.